The SMILES string of the molecule is C[C@@H](c1ccccc1[C@@](O)(c1ccccc1)C(F)(F)F)N(C)C. The van der Waals surface area contributed by atoms with Crippen LogP contribution in [0.1, 0.15) is 29.7 Å². The van der Waals surface area contributed by atoms with Crippen molar-refractivity contribution in [3.8, 4) is 0 Å². The Morgan fingerprint density at radius 3 is 1.96 bits per heavy atom. The molecule has 2 aromatic rings. The van der Waals surface area contributed by atoms with E-state index in [0.717, 1.165) is 0 Å². The Bertz CT molecular complexity index is 655. The molecule has 2 aromatic carbocycles. The molecule has 0 spiro atoms. The fourth-order valence-corrected chi connectivity index (χ4v) is 2.62. The Hall–Kier alpha value is -1.85. The van der Waals surface area contributed by atoms with Gasteiger partial charge in [-0.2, -0.15) is 13.2 Å². The molecule has 0 saturated carbocycles. The summed E-state index contributed by atoms with van der Waals surface area (Å²) in [5.74, 6) is 0. The van der Waals surface area contributed by atoms with E-state index in [1.54, 1.807) is 44.1 Å². The van der Waals surface area contributed by atoms with Crippen molar-refractivity contribution in [3.05, 3.63) is 71.3 Å². The van der Waals surface area contributed by atoms with E-state index in [0.29, 0.717) is 5.56 Å². The first kappa shape index (κ1) is 17.5. The highest BCUT2D eigenvalue weighted by molar-refractivity contribution is 5.43. The number of hydrogen-bond donors (Lipinski definition) is 1. The quantitative estimate of drug-likeness (QED) is 0.915. The first-order chi connectivity index (χ1) is 10.7. The Labute approximate surface area is 134 Å². The highest BCUT2D eigenvalue weighted by Crippen LogP contribution is 2.46. The van der Waals surface area contributed by atoms with E-state index in [1.807, 2.05) is 0 Å². The van der Waals surface area contributed by atoms with Crippen LogP contribution >= 0.6 is 0 Å². The van der Waals surface area contributed by atoms with Crippen molar-refractivity contribution in [1.82, 2.24) is 4.90 Å². The molecule has 2 atom stereocenters. The summed E-state index contributed by atoms with van der Waals surface area (Å²) in [6, 6.07) is 13.1. The largest absolute Gasteiger partial charge is 0.425 e. The number of hydrogen-bond acceptors (Lipinski definition) is 2. The average Bonchev–Trinajstić information content (AvgIpc) is 2.53. The summed E-state index contributed by atoms with van der Waals surface area (Å²) in [5, 5.41) is 10.8. The maximum atomic E-state index is 13.9. The molecule has 1 N–H and O–H groups in total. The van der Waals surface area contributed by atoms with Crippen molar-refractivity contribution in [1.29, 1.82) is 0 Å². The van der Waals surface area contributed by atoms with Gasteiger partial charge in [0.2, 0.25) is 5.60 Å². The van der Waals surface area contributed by atoms with Crippen LogP contribution in [0.2, 0.25) is 0 Å². The van der Waals surface area contributed by atoms with Crippen LogP contribution in [0, 0.1) is 0 Å². The van der Waals surface area contributed by atoms with E-state index < -0.39 is 11.8 Å². The number of rotatable bonds is 4. The Balaban J connectivity index is 2.73. The minimum absolute atomic E-state index is 0.139. The second-order valence-corrected chi connectivity index (χ2v) is 5.80. The zero-order valence-electron chi connectivity index (χ0n) is 13.3. The molecule has 2 rings (SSSR count). The lowest BCUT2D eigenvalue weighted by Crippen LogP contribution is -2.44. The molecule has 0 unspecified atom stereocenters. The Kier molecular flexibility index (Phi) is 4.82. The summed E-state index contributed by atoms with van der Waals surface area (Å²) < 4.78 is 41.6. The molecule has 0 aliphatic rings. The van der Waals surface area contributed by atoms with Crippen LogP contribution in [-0.2, 0) is 5.60 Å². The van der Waals surface area contributed by atoms with Gasteiger partial charge in [-0.1, -0.05) is 54.6 Å². The molecule has 124 valence electrons. The minimum Gasteiger partial charge on any atom is -0.372 e. The molecule has 0 aromatic heterocycles. The van der Waals surface area contributed by atoms with Gasteiger partial charge in [-0.15, -0.1) is 0 Å². The second kappa shape index (κ2) is 6.34. The topological polar surface area (TPSA) is 23.5 Å². The standard InChI is InChI=1S/C18H20F3NO/c1-13(22(2)3)15-11-7-8-12-16(15)17(23,18(19,20)21)14-9-5-4-6-10-14/h4-13,23H,1-3H3/t13-,17-/m0/s1. The van der Waals surface area contributed by atoms with Crippen LogP contribution in [-0.4, -0.2) is 30.3 Å². The van der Waals surface area contributed by atoms with E-state index in [9.17, 15) is 18.3 Å². The van der Waals surface area contributed by atoms with Crippen molar-refractivity contribution in [2.24, 2.45) is 0 Å². The molecule has 0 radical (unpaired) electrons. The van der Waals surface area contributed by atoms with Crippen LogP contribution in [0.5, 0.6) is 0 Å². The Morgan fingerprint density at radius 2 is 1.43 bits per heavy atom. The first-order valence-corrected chi connectivity index (χ1v) is 7.30. The molecule has 0 amide bonds. The zero-order valence-corrected chi connectivity index (χ0v) is 13.3. The molecule has 0 saturated heterocycles. The van der Waals surface area contributed by atoms with Crippen molar-refractivity contribution < 1.29 is 18.3 Å². The van der Waals surface area contributed by atoms with Crippen LogP contribution < -0.4 is 0 Å². The smallest absolute Gasteiger partial charge is 0.372 e. The lowest BCUT2D eigenvalue weighted by atomic mass is 9.81. The van der Waals surface area contributed by atoms with Gasteiger partial charge in [0.1, 0.15) is 0 Å². The second-order valence-electron chi connectivity index (χ2n) is 5.80. The summed E-state index contributed by atoms with van der Waals surface area (Å²) in [5.41, 5.74) is -2.93. The highest BCUT2D eigenvalue weighted by atomic mass is 19.4. The highest BCUT2D eigenvalue weighted by Gasteiger charge is 2.57. The summed E-state index contributed by atoms with van der Waals surface area (Å²) in [7, 11) is 3.58. The van der Waals surface area contributed by atoms with Crippen molar-refractivity contribution in [3.63, 3.8) is 0 Å². The van der Waals surface area contributed by atoms with Crippen LogP contribution in [0.3, 0.4) is 0 Å². The van der Waals surface area contributed by atoms with Gasteiger partial charge in [-0.05, 0) is 32.1 Å². The van der Waals surface area contributed by atoms with Gasteiger partial charge < -0.3 is 10.0 Å². The third-order valence-electron chi connectivity index (χ3n) is 4.18. The van der Waals surface area contributed by atoms with Crippen molar-refractivity contribution >= 4 is 0 Å². The van der Waals surface area contributed by atoms with Crippen molar-refractivity contribution in [2.45, 2.75) is 24.7 Å². The molecule has 0 aliphatic heterocycles. The molecular formula is C18H20F3NO. The minimum atomic E-state index is -4.84. The summed E-state index contributed by atoms with van der Waals surface area (Å²) in [6.45, 7) is 1.81. The van der Waals surface area contributed by atoms with Gasteiger partial charge in [0, 0.05) is 11.6 Å². The number of halogens is 3. The van der Waals surface area contributed by atoms with Gasteiger partial charge in [0.25, 0.3) is 0 Å². The number of benzene rings is 2. The van der Waals surface area contributed by atoms with Gasteiger partial charge >= 0.3 is 6.18 Å². The van der Waals surface area contributed by atoms with E-state index in [1.165, 1.54) is 36.4 Å². The summed E-state index contributed by atoms with van der Waals surface area (Å²) >= 11 is 0. The average molecular weight is 323 g/mol. The maximum Gasteiger partial charge on any atom is 0.425 e. The summed E-state index contributed by atoms with van der Waals surface area (Å²) in [4.78, 5) is 1.81. The van der Waals surface area contributed by atoms with Crippen molar-refractivity contribution in [2.75, 3.05) is 14.1 Å². The van der Waals surface area contributed by atoms with Gasteiger partial charge in [0.05, 0.1) is 0 Å². The fraction of sp³-hybridized carbons (Fsp3) is 0.333. The zero-order chi connectivity index (χ0) is 17.3. The van der Waals surface area contributed by atoms with E-state index in [4.69, 9.17) is 0 Å². The molecule has 2 nitrogen and oxygen atoms in total. The van der Waals surface area contributed by atoms with E-state index in [-0.39, 0.29) is 17.2 Å². The third kappa shape index (κ3) is 3.12. The maximum absolute atomic E-state index is 13.9. The fourth-order valence-electron chi connectivity index (χ4n) is 2.62. The lowest BCUT2D eigenvalue weighted by molar-refractivity contribution is -0.248. The Morgan fingerprint density at radius 1 is 0.913 bits per heavy atom. The molecule has 0 heterocycles. The van der Waals surface area contributed by atoms with Crippen LogP contribution in [0.25, 0.3) is 0 Å². The van der Waals surface area contributed by atoms with Gasteiger partial charge in [0.15, 0.2) is 0 Å². The van der Waals surface area contributed by atoms with Crippen LogP contribution in [0.15, 0.2) is 54.6 Å². The molecular weight excluding hydrogens is 303 g/mol. The van der Waals surface area contributed by atoms with E-state index >= 15 is 0 Å². The molecule has 0 aliphatic carbocycles. The number of aliphatic hydroxyl groups is 1. The monoisotopic (exact) mass is 323 g/mol. The molecule has 0 bridgehead atoms. The van der Waals surface area contributed by atoms with Gasteiger partial charge in [-0.25, -0.2) is 0 Å². The first-order valence-electron chi connectivity index (χ1n) is 7.30. The van der Waals surface area contributed by atoms with Gasteiger partial charge in [-0.3, -0.25) is 0 Å². The molecule has 5 heteroatoms. The normalized spacial score (nSPS) is 16.2. The molecule has 23 heavy (non-hydrogen) atoms. The molecule has 0 fully saturated rings. The predicted molar refractivity (Wildman–Crippen MR) is 84.0 cm³/mol. The lowest BCUT2D eigenvalue weighted by Gasteiger charge is -2.35. The number of alkyl halides is 3. The summed E-state index contributed by atoms with van der Waals surface area (Å²) in [6.07, 6.45) is -4.84. The predicted octanol–water partition coefficient (Wildman–Crippen LogP) is 4.11. The van der Waals surface area contributed by atoms with Crippen LogP contribution in [0.4, 0.5) is 13.2 Å². The third-order valence-corrected chi connectivity index (χ3v) is 4.18. The number of nitrogens with zero attached hydrogens (tertiary/aromatic N) is 1. The van der Waals surface area contributed by atoms with E-state index in [2.05, 4.69) is 0 Å².